The summed E-state index contributed by atoms with van der Waals surface area (Å²) in [5.41, 5.74) is 1.23. The fourth-order valence-corrected chi connectivity index (χ4v) is 4.58. The number of hydrogen-bond donors (Lipinski definition) is 0. The van der Waals surface area contributed by atoms with E-state index in [0.29, 0.717) is 17.9 Å². The third-order valence-corrected chi connectivity index (χ3v) is 6.25. The average molecular weight is 351 g/mol. The second-order valence-corrected chi connectivity index (χ2v) is 7.43. The first-order chi connectivity index (χ1) is 11.3. The van der Waals surface area contributed by atoms with E-state index in [1.165, 1.54) is 22.5 Å². The summed E-state index contributed by atoms with van der Waals surface area (Å²) < 4.78 is 46.0. The Labute approximate surface area is 142 Å². The van der Waals surface area contributed by atoms with E-state index in [9.17, 15) is 12.8 Å². The van der Waals surface area contributed by atoms with Crippen molar-refractivity contribution in [2.75, 3.05) is 13.7 Å². The summed E-state index contributed by atoms with van der Waals surface area (Å²) in [5, 5.41) is 0. The SMILES string of the molecule is CCN([C@H](C)c1cccc(OC)c1)S(=O)(=O)c1ccc(F)cc1C. The number of halogens is 1. The lowest BCUT2D eigenvalue weighted by atomic mass is 10.1. The van der Waals surface area contributed by atoms with E-state index in [-0.39, 0.29) is 10.9 Å². The monoisotopic (exact) mass is 351 g/mol. The van der Waals surface area contributed by atoms with E-state index in [1.54, 1.807) is 21.0 Å². The van der Waals surface area contributed by atoms with Gasteiger partial charge in [-0.05, 0) is 55.3 Å². The summed E-state index contributed by atoms with van der Waals surface area (Å²) in [6.07, 6.45) is 0. The van der Waals surface area contributed by atoms with Crippen molar-refractivity contribution in [3.63, 3.8) is 0 Å². The summed E-state index contributed by atoms with van der Waals surface area (Å²) in [6, 6.07) is 10.7. The molecule has 2 aromatic carbocycles. The Hall–Kier alpha value is -1.92. The van der Waals surface area contributed by atoms with Crippen LogP contribution in [-0.4, -0.2) is 26.4 Å². The number of hydrogen-bond acceptors (Lipinski definition) is 3. The minimum Gasteiger partial charge on any atom is -0.497 e. The van der Waals surface area contributed by atoms with Crippen molar-refractivity contribution in [3.8, 4) is 5.75 Å². The summed E-state index contributed by atoms with van der Waals surface area (Å²) in [5.74, 6) is 0.223. The van der Waals surface area contributed by atoms with Crippen molar-refractivity contribution in [2.24, 2.45) is 0 Å². The highest BCUT2D eigenvalue weighted by atomic mass is 32.2. The van der Waals surface area contributed by atoms with Crippen molar-refractivity contribution in [1.82, 2.24) is 4.31 Å². The highest BCUT2D eigenvalue weighted by Crippen LogP contribution is 2.30. The van der Waals surface area contributed by atoms with E-state index >= 15 is 0 Å². The van der Waals surface area contributed by atoms with Gasteiger partial charge in [0.25, 0.3) is 0 Å². The maximum absolute atomic E-state index is 13.3. The molecule has 2 rings (SSSR count). The van der Waals surface area contributed by atoms with Crippen molar-refractivity contribution in [1.29, 1.82) is 0 Å². The van der Waals surface area contributed by atoms with Gasteiger partial charge in [0.05, 0.1) is 12.0 Å². The molecular weight excluding hydrogens is 329 g/mol. The van der Waals surface area contributed by atoms with Crippen LogP contribution in [0.2, 0.25) is 0 Å². The zero-order valence-electron chi connectivity index (χ0n) is 14.3. The minimum absolute atomic E-state index is 0.125. The fourth-order valence-electron chi connectivity index (χ4n) is 2.75. The first-order valence-electron chi connectivity index (χ1n) is 7.73. The van der Waals surface area contributed by atoms with E-state index in [1.807, 2.05) is 31.2 Å². The summed E-state index contributed by atoms with van der Waals surface area (Å²) in [6.45, 7) is 5.51. The second-order valence-electron chi connectivity index (χ2n) is 5.57. The first-order valence-corrected chi connectivity index (χ1v) is 9.17. The number of methoxy groups -OCH3 is 1. The van der Waals surface area contributed by atoms with Crippen molar-refractivity contribution >= 4 is 10.0 Å². The smallest absolute Gasteiger partial charge is 0.243 e. The topological polar surface area (TPSA) is 46.6 Å². The average Bonchev–Trinajstić information content (AvgIpc) is 2.54. The third-order valence-electron chi connectivity index (χ3n) is 4.04. The molecule has 0 amide bonds. The van der Waals surface area contributed by atoms with Gasteiger partial charge in [-0.3, -0.25) is 0 Å². The molecule has 6 heteroatoms. The number of aryl methyl sites for hydroxylation is 1. The lowest BCUT2D eigenvalue weighted by Gasteiger charge is -2.28. The molecule has 0 unspecified atom stereocenters. The van der Waals surface area contributed by atoms with Gasteiger partial charge in [-0.1, -0.05) is 19.1 Å². The molecule has 0 bridgehead atoms. The van der Waals surface area contributed by atoms with E-state index in [4.69, 9.17) is 4.74 Å². The van der Waals surface area contributed by atoms with Gasteiger partial charge in [-0.2, -0.15) is 4.31 Å². The molecular formula is C18H22FNO3S. The molecule has 0 fully saturated rings. The van der Waals surface area contributed by atoms with Crippen molar-refractivity contribution in [2.45, 2.75) is 31.7 Å². The molecule has 0 radical (unpaired) electrons. The number of nitrogens with zero attached hydrogens (tertiary/aromatic N) is 1. The lowest BCUT2D eigenvalue weighted by molar-refractivity contribution is 0.354. The normalized spacial score (nSPS) is 13.1. The van der Waals surface area contributed by atoms with Crippen LogP contribution in [0.25, 0.3) is 0 Å². The third kappa shape index (κ3) is 3.60. The predicted molar refractivity (Wildman–Crippen MR) is 92.1 cm³/mol. The van der Waals surface area contributed by atoms with Crippen LogP contribution in [0, 0.1) is 12.7 Å². The zero-order valence-corrected chi connectivity index (χ0v) is 15.1. The van der Waals surface area contributed by atoms with Crippen LogP contribution < -0.4 is 4.74 Å². The molecule has 130 valence electrons. The molecule has 0 aliphatic carbocycles. The second kappa shape index (κ2) is 7.32. The van der Waals surface area contributed by atoms with Crippen molar-refractivity contribution in [3.05, 3.63) is 59.4 Å². The van der Waals surface area contributed by atoms with Crippen LogP contribution in [0.15, 0.2) is 47.4 Å². The highest BCUT2D eigenvalue weighted by Gasteiger charge is 2.30. The Morgan fingerprint density at radius 1 is 1.21 bits per heavy atom. The van der Waals surface area contributed by atoms with Gasteiger partial charge in [0.2, 0.25) is 10.0 Å². The number of ether oxygens (including phenoxy) is 1. The van der Waals surface area contributed by atoms with Crippen LogP contribution in [0.1, 0.15) is 31.0 Å². The maximum Gasteiger partial charge on any atom is 0.243 e. The predicted octanol–water partition coefficient (Wildman–Crippen LogP) is 3.91. The van der Waals surface area contributed by atoms with Crippen LogP contribution in [0.5, 0.6) is 5.75 Å². The molecule has 0 spiro atoms. The fraction of sp³-hybridized carbons (Fsp3) is 0.333. The Kier molecular flexibility index (Phi) is 5.62. The molecule has 0 aliphatic heterocycles. The van der Waals surface area contributed by atoms with Gasteiger partial charge in [-0.25, -0.2) is 12.8 Å². The Balaban J connectivity index is 2.45. The largest absolute Gasteiger partial charge is 0.497 e. The number of rotatable bonds is 6. The Morgan fingerprint density at radius 2 is 1.92 bits per heavy atom. The highest BCUT2D eigenvalue weighted by molar-refractivity contribution is 7.89. The molecule has 0 saturated carbocycles. The van der Waals surface area contributed by atoms with Gasteiger partial charge in [0.1, 0.15) is 11.6 Å². The van der Waals surface area contributed by atoms with E-state index in [2.05, 4.69) is 0 Å². The summed E-state index contributed by atoms with van der Waals surface area (Å²) in [4.78, 5) is 0.125. The quantitative estimate of drug-likeness (QED) is 0.792. The molecule has 4 nitrogen and oxygen atoms in total. The minimum atomic E-state index is -3.74. The zero-order chi connectivity index (χ0) is 17.9. The molecule has 0 N–H and O–H groups in total. The van der Waals surface area contributed by atoms with Crippen LogP contribution >= 0.6 is 0 Å². The van der Waals surface area contributed by atoms with Crippen molar-refractivity contribution < 1.29 is 17.5 Å². The standard InChI is InChI=1S/C18H22FNO3S/c1-5-20(14(3)15-7-6-8-17(12-15)23-4)24(21,22)18-10-9-16(19)11-13(18)2/h6-12,14H,5H2,1-4H3/t14-/m1/s1. The molecule has 24 heavy (non-hydrogen) atoms. The van der Waals surface area contributed by atoms with Gasteiger partial charge in [0.15, 0.2) is 0 Å². The van der Waals surface area contributed by atoms with Gasteiger partial charge in [-0.15, -0.1) is 0 Å². The molecule has 1 atom stereocenters. The Morgan fingerprint density at radius 3 is 2.50 bits per heavy atom. The summed E-state index contributed by atoms with van der Waals surface area (Å²) >= 11 is 0. The molecule has 0 aromatic heterocycles. The van der Waals surface area contributed by atoms with Gasteiger partial charge >= 0.3 is 0 Å². The summed E-state index contributed by atoms with van der Waals surface area (Å²) in [7, 11) is -2.17. The lowest BCUT2D eigenvalue weighted by Crippen LogP contribution is -2.34. The van der Waals surface area contributed by atoms with Crippen LogP contribution in [0.4, 0.5) is 4.39 Å². The first kappa shape index (κ1) is 18.4. The van der Waals surface area contributed by atoms with E-state index < -0.39 is 15.8 Å². The van der Waals surface area contributed by atoms with Gasteiger partial charge in [0, 0.05) is 12.6 Å². The molecule has 0 saturated heterocycles. The molecule has 2 aromatic rings. The Bertz CT molecular complexity index is 821. The van der Waals surface area contributed by atoms with E-state index in [0.717, 1.165) is 5.56 Å². The maximum atomic E-state index is 13.3. The number of sulfonamides is 1. The van der Waals surface area contributed by atoms with Crippen LogP contribution in [0.3, 0.4) is 0 Å². The molecule has 0 aliphatic rings. The van der Waals surface area contributed by atoms with Crippen LogP contribution in [-0.2, 0) is 10.0 Å². The van der Waals surface area contributed by atoms with Gasteiger partial charge < -0.3 is 4.74 Å². The molecule has 0 heterocycles. The number of benzene rings is 2.